The van der Waals surface area contributed by atoms with E-state index in [-0.39, 0.29) is 5.41 Å². The highest BCUT2D eigenvalue weighted by Crippen LogP contribution is 2.44. The second-order valence-electron chi connectivity index (χ2n) is 6.51. The van der Waals surface area contributed by atoms with Crippen molar-refractivity contribution in [2.75, 3.05) is 13.1 Å². The molecule has 0 aromatic carbocycles. The first kappa shape index (κ1) is 13.9. The fraction of sp³-hybridized carbons (Fsp3) is 0.412. The lowest BCUT2D eigenvalue weighted by atomic mass is 9.85. The van der Waals surface area contributed by atoms with Gasteiger partial charge in [-0.2, -0.15) is 0 Å². The summed E-state index contributed by atoms with van der Waals surface area (Å²) < 4.78 is 2.46. The van der Waals surface area contributed by atoms with Crippen LogP contribution < -0.4 is 0 Å². The molecule has 0 amide bonds. The Morgan fingerprint density at radius 1 is 1.13 bits per heavy atom. The highest BCUT2D eigenvalue weighted by atomic mass is 32.1. The lowest BCUT2D eigenvalue weighted by Gasteiger charge is -2.22. The fourth-order valence-electron chi connectivity index (χ4n) is 4.09. The van der Waals surface area contributed by atoms with E-state index in [0.29, 0.717) is 0 Å². The molecule has 0 radical (unpaired) electrons. The number of thiophene rings is 1. The molecule has 1 saturated heterocycles. The molecule has 1 atom stereocenters. The average Bonchev–Trinajstić information content (AvgIpc) is 3.33. The third-order valence-corrected chi connectivity index (χ3v) is 6.85. The van der Waals surface area contributed by atoms with Crippen molar-refractivity contribution in [2.45, 2.75) is 31.3 Å². The molecule has 1 fully saturated rings. The number of hydrogen-bond donors (Lipinski definition) is 0. The fourth-order valence-corrected chi connectivity index (χ4v) is 5.49. The van der Waals surface area contributed by atoms with Crippen LogP contribution >= 0.6 is 22.7 Å². The van der Waals surface area contributed by atoms with Crippen LogP contribution in [0.1, 0.15) is 23.7 Å². The highest BCUT2D eigenvalue weighted by Gasteiger charge is 2.46. The van der Waals surface area contributed by atoms with Crippen LogP contribution in [0.2, 0.25) is 0 Å². The molecule has 4 nitrogen and oxygen atoms in total. The van der Waals surface area contributed by atoms with E-state index in [4.69, 9.17) is 4.98 Å². The SMILES string of the molecule is c1csc(-c2cnc3n2CC[C@@]32CCN(Cc3nccs3)C2)c1. The van der Waals surface area contributed by atoms with Gasteiger partial charge in [0.25, 0.3) is 0 Å². The van der Waals surface area contributed by atoms with Crippen LogP contribution in [0.15, 0.2) is 35.3 Å². The summed E-state index contributed by atoms with van der Waals surface area (Å²) in [5.74, 6) is 1.31. The molecular weight excluding hydrogens is 324 g/mol. The first-order valence-electron chi connectivity index (χ1n) is 8.05. The molecule has 6 heteroatoms. The van der Waals surface area contributed by atoms with Crippen LogP contribution in [-0.4, -0.2) is 32.5 Å². The standard InChI is InChI=1S/C17H18N4S2/c1-2-14(22-8-1)13-10-19-16-17(4-7-21(13)16)3-6-20(12-17)11-15-18-5-9-23-15/h1-2,5,8-10H,3-4,6-7,11-12H2/t17-/m1/s1. The van der Waals surface area contributed by atoms with Crippen molar-refractivity contribution < 1.29 is 0 Å². The van der Waals surface area contributed by atoms with Crippen molar-refractivity contribution in [2.24, 2.45) is 0 Å². The van der Waals surface area contributed by atoms with Crippen molar-refractivity contribution in [3.8, 4) is 10.6 Å². The zero-order chi connectivity index (χ0) is 15.3. The zero-order valence-corrected chi connectivity index (χ0v) is 14.4. The topological polar surface area (TPSA) is 34.0 Å². The summed E-state index contributed by atoms with van der Waals surface area (Å²) in [5, 5.41) is 5.44. The van der Waals surface area contributed by atoms with Crippen molar-refractivity contribution in [3.63, 3.8) is 0 Å². The number of hydrogen-bond acceptors (Lipinski definition) is 5. The smallest absolute Gasteiger partial charge is 0.116 e. The van der Waals surface area contributed by atoms with Gasteiger partial charge in [0.1, 0.15) is 10.8 Å². The second-order valence-corrected chi connectivity index (χ2v) is 8.44. The van der Waals surface area contributed by atoms with Crippen LogP contribution in [0.3, 0.4) is 0 Å². The predicted molar refractivity (Wildman–Crippen MR) is 93.8 cm³/mol. The number of fused-ring (bicyclic) bond motifs is 2. The summed E-state index contributed by atoms with van der Waals surface area (Å²) in [6.45, 7) is 4.36. The third kappa shape index (κ3) is 2.20. The Bertz CT molecular complexity index is 806. The van der Waals surface area contributed by atoms with E-state index in [1.165, 1.54) is 34.2 Å². The van der Waals surface area contributed by atoms with Gasteiger partial charge in [-0.1, -0.05) is 6.07 Å². The summed E-state index contributed by atoms with van der Waals surface area (Å²) in [4.78, 5) is 13.2. The van der Waals surface area contributed by atoms with Crippen LogP contribution in [0.5, 0.6) is 0 Å². The molecular formula is C17H18N4S2. The predicted octanol–water partition coefficient (Wildman–Crippen LogP) is 3.62. The molecule has 23 heavy (non-hydrogen) atoms. The minimum Gasteiger partial charge on any atom is -0.327 e. The lowest BCUT2D eigenvalue weighted by Crippen LogP contribution is -2.29. The number of rotatable bonds is 3. The summed E-state index contributed by atoms with van der Waals surface area (Å²) >= 11 is 3.56. The van der Waals surface area contributed by atoms with Gasteiger partial charge in [0.05, 0.1) is 23.3 Å². The van der Waals surface area contributed by atoms with E-state index >= 15 is 0 Å². The monoisotopic (exact) mass is 342 g/mol. The largest absolute Gasteiger partial charge is 0.327 e. The maximum atomic E-state index is 4.85. The van der Waals surface area contributed by atoms with Crippen molar-refractivity contribution in [1.82, 2.24) is 19.4 Å². The molecule has 3 aromatic rings. The third-order valence-electron chi connectivity index (χ3n) is 5.19. The molecule has 5 rings (SSSR count). The molecule has 0 saturated carbocycles. The Balaban J connectivity index is 1.42. The first-order chi connectivity index (χ1) is 11.3. The molecule has 2 aliphatic heterocycles. The Hall–Kier alpha value is -1.50. The number of likely N-dealkylation sites (tertiary alicyclic amines) is 1. The van der Waals surface area contributed by atoms with Crippen molar-refractivity contribution >= 4 is 22.7 Å². The van der Waals surface area contributed by atoms with Gasteiger partial charge in [0, 0.05) is 30.1 Å². The minimum absolute atomic E-state index is 0.257. The highest BCUT2D eigenvalue weighted by molar-refractivity contribution is 7.13. The van der Waals surface area contributed by atoms with Crippen molar-refractivity contribution in [1.29, 1.82) is 0 Å². The van der Waals surface area contributed by atoms with E-state index in [2.05, 4.69) is 43.5 Å². The summed E-state index contributed by atoms with van der Waals surface area (Å²) in [5.41, 5.74) is 1.55. The van der Waals surface area contributed by atoms with E-state index in [1.807, 2.05) is 6.20 Å². The molecule has 0 unspecified atom stereocenters. The molecule has 2 aliphatic rings. The van der Waals surface area contributed by atoms with Gasteiger partial charge in [-0.25, -0.2) is 9.97 Å². The minimum atomic E-state index is 0.257. The Morgan fingerprint density at radius 2 is 2.09 bits per heavy atom. The van der Waals surface area contributed by atoms with E-state index < -0.39 is 0 Å². The normalized spacial score (nSPS) is 23.8. The maximum Gasteiger partial charge on any atom is 0.116 e. The molecule has 0 bridgehead atoms. The molecule has 3 aromatic heterocycles. The van der Waals surface area contributed by atoms with Crippen molar-refractivity contribution in [3.05, 3.63) is 46.1 Å². The van der Waals surface area contributed by atoms with Gasteiger partial charge in [-0.3, -0.25) is 4.90 Å². The number of imidazole rings is 1. The van der Waals surface area contributed by atoms with Crippen LogP contribution in [0, 0.1) is 0 Å². The second kappa shape index (κ2) is 5.26. The summed E-state index contributed by atoms with van der Waals surface area (Å²) in [7, 11) is 0. The Kier molecular flexibility index (Phi) is 3.18. The van der Waals surface area contributed by atoms with Gasteiger partial charge >= 0.3 is 0 Å². The number of thiazole rings is 1. The molecule has 5 heterocycles. The Morgan fingerprint density at radius 3 is 2.91 bits per heavy atom. The lowest BCUT2D eigenvalue weighted by molar-refractivity contribution is 0.299. The molecule has 0 N–H and O–H groups in total. The zero-order valence-electron chi connectivity index (χ0n) is 12.8. The maximum absolute atomic E-state index is 4.85. The van der Waals surface area contributed by atoms with Crippen LogP contribution in [0.4, 0.5) is 0 Å². The summed E-state index contributed by atoms with van der Waals surface area (Å²) in [6, 6.07) is 4.32. The van der Waals surface area contributed by atoms with Gasteiger partial charge in [-0.05, 0) is 30.8 Å². The van der Waals surface area contributed by atoms with Gasteiger partial charge in [0.2, 0.25) is 0 Å². The van der Waals surface area contributed by atoms with Crippen LogP contribution in [0.25, 0.3) is 10.6 Å². The van der Waals surface area contributed by atoms with Crippen LogP contribution in [-0.2, 0) is 18.5 Å². The Labute approximate surface area is 143 Å². The average molecular weight is 342 g/mol. The molecule has 1 spiro atoms. The number of aromatic nitrogens is 3. The van der Waals surface area contributed by atoms with Gasteiger partial charge < -0.3 is 4.57 Å². The van der Waals surface area contributed by atoms with E-state index in [1.54, 1.807) is 22.7 Å². The first-order valence-corrected chi connectivity index (χ1v) is 9.81. The summed E-state index contributed by atoms with van der Waals surface area (Å²) in [6.07, 6.45) is 6.43. The number of nitrogens with zero attached hydrogens (tertiary/aromatic N) is 4. The van der Waals surface area contributed by atoms with E-state index in [9.17, 15) is 0 Å². The van der Waals surface area contributed by atoms with Gasteiger partial charge in [0.15, 0.2) is 0 Å². The van der Waals surface area contributed by atoms with Gasteiger partial charge in [-0.15, -0.1) is 22.7 Å². The molecule has 0 aliphatic carbocycles. The quantitative estimate of drug-likeness (QED) is 0.729. The molecule has 118 valence electrons. The van der Waals surface area contributed by atoms with E-state index in [0.717, 1.165) is 26.2 Å².